The topological polar surface area (TPSA) is 38.2 Å². The summed E-state index contributed by atoms with van der Waals surface area (Å²) in [7, 11) is 3.99. The summed E-state index contributed by atoms with van der Waals surface area (Å²) >= 11 is 0. The molecule has 2 unspecified atom stereocenters. The van der Waals surface area contributed by atoms with Gasteiger partial charge in [-0.1, -0.05) is 6.42 Å². The second kappa shape index (κ2) is 4.19. The van der Waals surface area contributed by atoms with Crippen LogP contribution in [-0.2, 0) is 4.74 Å². The van der Waals surface area contributed by atoms with E-state index in [1.54, 1.807) is 0 Å². The lowest BCUT2D eigenvalue weighted by molar-refractivity contribution is -0.152. The van der Waals surface area contributed by atoms with Crippen LogP contribution in [0.4, 0.5) is 5.82 Å². The van der Waals surface area contributed by atoms with Crippen LogP contribution in [0.15, 0.2) is 12.3 Å². The fraction of sp³-hybridized carbons (Fsp3) is 0.714. The molecule has 98 valence electrons. The molecule has 18 heavy (non-hydrogen) atoms. The first-order chi connectivity index (χ1) is 8.67. The molecule has 4 nitrogen and oxygen atoms in total. The average molecular weight is 247 g/mol. The summed E-state index contributed by atoms with van der Waals surface area (Å²) in [6, 6.07) is 2.57. The highest BCUT2D eigenvalue weighted by molar-refractivity contribution is 5.41. The highest BCUT2D eigenvalue weighted by Crippen LogP contribution is 2.59. The zero-order chi connectivity index (χ0) is 12.8. The Balaban J connectivity index is 1.80. The summed E-state index contributed by atoms with van der Waals surface area (Å²) in [6.07, 6.45) is 7.34. The molecule has 0 aliphatic heterocycles. The smallest absolute Gasteiger partial charge is 0.132 e. The van der Waals surface area contributed by atoms with Gasteiger partial charge in [0.25, 0.3) is 0 Å². The van der Waals surface area contributed by atoms with E-state index in [1.807, 2.05) is 26.3 Å². The lowest BCUT2D eigenvalue weighted by Gasteiger charge is -2.63. The van der Waals surface area contributed by atoms with E-state index in [9.17, 15) is 0 Å². The maximum absolute atomic E-state index is 5.62. The maximum atomic E-state index is 5.62. The summed E-state index contributed by atoms with van der Waals surface area (Å²) in [4.78, 5) is 11.0. The lowest BCUT2D eigenvalue weighted by Crippen LogP contribution is -2.67. The predicted octanol–water partition coefficient (Wildman–Crippen LogP) is 2.18. The van der Waals surface area contributed by atoms with Crippen LogP contribution < -0.4 is 4.90 Å². The molecule has 0 bridgehead atoms. The van der Waals surface area contributed by atoms with E-state index in [-0.39, 0.29) is 0 Å². The molecule has 2 saturated carbocycles. The van der Waals surface area contributed by atoms with Gasteiger partial charge in [0.2, 0.25) is 0 Å². The van der Waals surface area contributed by atoms with E-state index < -0.39 is 0 Å². The first kappa shape index (κ1) is 11.9. The summed E-state index contributed by atoms with van der Waals surface area (Å²) in [5.41, 5.74) is 0.391. The van der Waals surface area contributed by atoms with Crippen molar-refractivity contribution >= 4 is 5.82 Å². The van der Waals surface area contributed by atoms with E-state index in [1.165, 1.54) is 19.3 Å². The predicted molar refractivity (Wildman–Crippen MR) is 70.7 cm³/mol. The Kier molecular flexibility index (Phi) is 2.77. The number of ether oxygens (including phenoxy) is 1. The van der Waals surface area contributed by atoms with E-state index >= 15 is 0 Å². The largest absolute Gasteiger partial charge is 0.381 e. The number of methoxy groups -OCH3 is 1. The van der Waals surface area contributed by atoms with Crippen LogP contribution in [0.25, 0.3) is 0 Å². The van der Waals surface area contributed by atoms with Crippen LogP contribution in [0.5, 0.6) is 0 Å². The SMILES string of the molecule is COC1CC(N(C)c2ccnc(C)n2)C12CCC2. The van der Waals surface area contributed by atoms with E-state index in [0.29, 0.717) is 17.6 Å². The zero-order valence-electron chi connectivity index (χ0n) is 11.4. The molecule has 1 aromatic rings. The number of nitrogens with zero attached hydrogens (tertiary/aromatic N) is 3. The zero-order valence-corrected chi connectivity index (χ0v) is 11.4. The number of hydrogen-bond donors (Lipinski definition) is 0. The molecule has 1 heterocycles. The van der Waals surface area contributed by atoms with Gasteiger partial charge in [0, 0.05) is 31.8 Å². The number of aryl methyl sites for hydroxylation is 1. The Morgan fingerprint density at radius 3 is 2.78 bits per heavy atom. The third-order valence-electron chi connectivity index (χ3n) is 4.90. The molecule has 2 aliphatic carbocycles. The third-order valence-corrected chi connectivity index (χ3v) is 4.90. The highest BCUT2D eigenvalue weighted by Gasteiger charge is 2.60. The van der Waals surface area contributed by atoms with Crippen molar-refractivity contribution in [2.24, 2.45) is 5.41 Å². The summed E-state index contributed by atoms with van der Waals surface area (Å²) in [5.74, 6) is 1.87. The minimum absolute atomic E-state index is 0.391. The van der Waals surface area contributed by atoms with E-state index in [4.69, 9.17) is 4.74 Å². The van der Waals surface area contributed by atoms with Crippen LogP contribution >= 0.6 is 0 Å². The highest BCUT2D eigenvalue weighted by atomic mass is 16.5. The average Bonchev–Trinajstić information content (AvgIpc) is 2.26. The van der Waals surface area contributed by atoms with Gasteiger partial charge in [-0.2, -0.15) is 0 Å². The van der Waals surface area contributed by atoms with Gasteiger partial charge in [0.15, 0.2) is 0 Å². The van der Waals surface area contributed by atoms with Gasteiger partial charge in [-0.3, -0.25) is 0 Å². The number of rotatable bonds is 3. The minimum Gasteiger partial charge on any atom is -0.381 e. The van der Waals surface area contributed by atoms with Gasteiger partial charge >= 0.3 is 0 Å². The van der Waals surface area contributed by atoms with Crippen molar-refractivity contribution in [3.63, 3.8) is 0 Å². The van der Waals surface area contributed by atoms with Crippen molar-refractivity contribution in [2.45, 2.75) is 44.8 Å². The molecule has 1 spiro atoms. The summed E-state index contributed by atoms with van der Waals surface area (Å²) < 4.78 is 5.62. The molecular weight excluding hydrogens is 226 g/mol. The standard InChI is InChI=1S/C14H21N3O/c1-10-15-8-5-13(16-10)17(2)11-9-12(18-3)14(11)6-4-7-14/h5,8,11-12H,4,6-7,9H2,1-3H3. The van der Waals surface area contributed by atoms with Crippen molar-refractivity contribution in [1.29, 1.82) is 0 Å². The fourth-order valence-corrected chi connectivity index (χ4v) is 3.64. The molecule has 2 atom stereocenters. The first-order valence-corrected chi connectivity index (χ1v) is 6.72. The van der Waals surface area contributed by atoms with Gasteiger partial charge in [-0.15, -0.1) is 0 Å². The molecule has 2 aliphatic rings. The van der Waals surface area contributed by atoms with Crippen LogP contribution in [0.3, 0.4) is 0 Å². The van der Waals surface area contributed by atoms with Crippen molar-refractivity contribution < 1.29 is 4.74 Å². The molecule has 3 rings (SSSR count). The van der Waals surface area contributed by atoms with Crippen molar-refractivity contribution in [3.05, 3.63) is 18.1 Å². The molecule has 4 heteroatoms. The van der Waals surface area contributed by atoms with Gasteiger partial charge in [0.1, 0.15) is 11.6 Å². The van der Waals surface area contributed by atoms with Gasteiger partial charge in [-0.25, -0.2) is 9.97 Å². The van der Waals surface area contributed by atoms with E-state index in [0.717, 1.165) is 18.1 Å². The van der Waals surface area contributed by atoms with Crippen LogP contribution in [-0.4, -0.2) is 36.3 Å². The van der Waals surface area contributed by atoms with Gasteiger partial charge in [-0.05, 0) is 32.3 Å². The molecule has 2 fully saturated rings. The Labute approximate surface area is 108 Å². The van der Waals surface area contributed by atoms with Crippen molar-refractivity contribution in [1.82, 2.24) is 9.97 Å². The Bertz CT molecular complexity index is 444. The molecule has 0 amide bonds. The number of anilines is 1. The molecular formula is C14H21N3O. The third kappa shape index (κ3) is 1.55. The second-order valence-electron chi connectivity index (χ2n) is 5.64. The summed E-state index contributed by atoms with van der Waals surface area (Å²) in [5, 5.41) is 0. The van der Waals surface area contributed by atoms with Crippen molar-refractivity contribution in [2.75, 3.05) is 19.1 Å². The van der Waals surface area contributed by atoms with Gasteiger partial charge < -0.3 is 9.64 Å². The van der Waals surface area contributed by atoms with Crippen LogP contribution in [0, 0.1) is 12.3 Å². The number of hydrogen-bond acceptors (Lipinski definition) is 4. The monoisotopic (exact) mass is 247 g/mol. The molecule has 0 saturated heterocycles. The van der Waals surface area contributed by atoms with Gasteiger partial charge in [0.05, 0.1) is 6.10 Å². The van der Waals surface area contributed by atoms with Crippen LogP contribution in [0.2, 0.25) is 0 Å². The molecule has 0 N–H and O–H groups in total. The quantitative estimate of drug-likeness (QED) is 0.820. The Hall–Kier alpha value is -1.16. The van der Waals surface area contributed by atoms with E-state index in [2.05, 4.69) is 21.9 Å². The molecule has 0 radical (unpaired) electrons. The summed E-state index contributed by atoms with van der Waals surface area (Å²) in [6.45, 7) is 1.94. The Morgan fingerprint density at radius 1 is 1.44 bits per heavy atom. The lowest BCUT2D eigenvalue weighted by atomic mass is 9.50. The Morgan fingerprint density at radius 2 is 2.22 bits per heavy atom. The maximum Gasteiger partial charge on any atom is 0.132 e. The normalized spacial score (nSPS) is 28.6. The molecule has 1 aromatic heterocycles. The molecule has 0 aromatic carbocycles. The fourth-order valence-electron chi connectivity index (χ4n) is 3.64. The first-order valence-electron chi connectivity index (χ1n) is 6.72. The number of aromatic nitrogens is 2. The minimum atomic E-state index is 0.391. The second-order valence-corrected chi connectivity index (χ2v) is 5.64. The van der Waals surface area contributed by atoms with Crippen molar-refractivity contribution in [3.8, 4) is 0 Å². The van der Waals surface area contributed by atoms with Crippen LogP contribution in [0.1, 0.15) is 31.5 Å².